The van der Waals surface area contributed by atoms with E-state index in [1.165, 1.54) is 13.8 Å². The van der Waals surface area contributed by atoms with Gasteiger partial charge in [-0.25, -0.2) is 0 Å². The Morgan fingerprint density at radius 3 is 2.46 bits per heavy atom. The molecule has 6 nitrogen and oxygen atoms in total. The third kappa shape index (κ3) is 5.53. The Morgan fingerprint density at radius 2 is 1.88 bits per heavy atom. The maximum absolute atomic E-state index is 11.9. The summed E-state index contributed by atoms with van der Waals surface area (Å²) in [5, 5.41) is 11.8. The van der Waals surface area contributed by atoms with E-state index in [9.17, 15) is 9.59 Å². The summed E-state index contributed by atoms with van der Waals surface area (Å²) in [5.41, 5.74) is -0.462. The molecule has 0 spiro atoms. The molecule has 1 fully saturated rings. The number of aliphatic carboxylic acids is 1. The van der Waals surface area contributed by atoms with Crippen LogP contribution in [0.3, 0.4) is 0 Å². The first-order chi connectivity index (χ1) is 11.4. The van der Waals surface area contributed by atoms with Gasteiger partial charge in [-0.3, -0.25) is 9.59 Å². The van der Waals surface area contributed by atoms with Crippen LogP contribution in [0.25, 0.3) is 0 Å². The van der Waals surface area contributed by atoms with Crippen molar-refractivity contribution in [2.24, 2.45) is 11.3 Å². The van der Waals surface area contributed by atoms with Gasteiger partial charge in [-0.05, 0) is 56.9 Å². The van der Waals surface area contributed by atoms with Crippen molar-refractivity contribution in [2.75, 3.05) is 25.1 Å². The zero-order chi connectivity index (χ0) is 17.6. The molecular weight excluding hydrogens is 310 g/mol. The molecule has 1 aliphatic heterocycles. The number of anilines is 1. The highest BCUT2D eigenvalue weighted by Gasteiger charge is 2.30. The molecular formula is C18H25NO5. The Bertz CT molecular complexity index is 561. The Hall–Kier alpha value is -2.08. The summed E-state index contributed by atoms with van der Waals surface area (Å²) >= 11 is 0. The van der Waals surface area contributed by atoms with Gasteiger partial charge in [-0.2, -0.15) is 0 Å². The van der Waals surface area contributed by atoms with Crippen LogP contribution >= 0.6 is 0 Å². The molecule has 0 saturated carbocycles. The molecule has 1 amide bonds. The molecule has 0 aliphatic carbocycles. The lowest BCUT2D eigenvalue weighted by Crippen LogP contribution is -2.29. The fourth-order valence-corrected chi connectivity index (χ4v) is 2.44. The zero-order valence-corrected chi connectivity index (χ0v) is 14.2. The lowest BCUT2D eigenvalue weighted by atomic mass is 9.89. The van der Waals surface area contributed by atoms with Gasteiger partial charge in [0.15, 0.2) is 0 Å². The van der Waals surface area contributed by atoms with E-state index in [1.807, 2.05) is 0 Å². The van der Waals surface area contributed by atoms with Gasteiger partial charge < -0.3 is 19.9 Å². The predicted molar refractivity (Wildman–Crippen MR) is 90.1 cm³/mol. The van der Waals surface area contributed by atoms with E-state index in [0.717, 1.165) is 31.8 Å². The van der Waals surface area contributed by atoms with Crippen LogP contribution < -0.4 is 10.1 Å². The number of carboxylic acid groups (broad SMARTS) is 1. The first kappa shape index (κ1) is 18.3. The number of carbonyl (C=O) groups is 2. The van der Waals surface area contributed by atoms with Gasteiger partial charge in [0.25, 0.3) is 0 Å². The number of benzene rings is 1. The summed E-state index contributed by atoms with van der Waals surface area (Å²) < 4.78 is 11.1. The number of nitrogens with one attached hydrogen (secondary N) is 1. The van der Waals surface area contributed by atoms with E-state index >= 15 is 0 Å². The quantitative estimate of drug-likeness (QED) is 0.800. The molecule has 0 atom stereocenters. The Balaban J connectivity index is 1.81. The highest BCUT2D eigenvalue weighted by Crippen LogP contribution is 2.23. The molecule has 0 radical (unpaired) electrons. The number of amides is 1. The number of hydrogen-bond donors (Lipinski definition) is 2. The molecule has 1 heterocycles. The lowest BCUT2D eigenvalue weighted by Gasteiger charge is -2.22. The minimum Gasteiger partial charge on any atom is -0.493 e. The largest absolute Gasteiger partial charge is 0.493 e. The average molecular weight is 335 g/mol. The standard InChI is InChI=1S/C18H25NO5/c1-18(2,17(21)22)11-16(20)19-14-3-5-15(6-4-14)24-12-13-7-9-23-10-8-13/h3-6,13H,7-12H2,1-2H3,(H,19,20)(H,21,22). The topological polar surface area (TPSA) is 84.9 Å². The Kier molecular flexibility index (Phi) is 6.20. The highest BCUT2D eigenvalue weighted by molar-refractivity contribution is 5.94. The van der Waals surface area contributed by atoms with Crippen LogP contribution in [0.15, 0.2) is 24.3 Å². The van der Waals surface area contributed by atoms with Gasteiger partial charge in [0.2, 0.25) is 5.91 Å². The fraction of sp³-hybridized carbons (Fsp3) is 0.556. The van der Waals surface area contributed by atoms with Crippen LogP contribution in [-0.2, 0) is 14.3 Å². The molecule has 0 bridgehead atoms. The second kappa shape index (κ2) is 8.15. The van der Waals surface area contributed by atoms with Crippen LogP contribution in [-0.4, -0.2) is 36.8 Å². The van der Waals surface area contributed by atoms with Gasteiger partial charge in [-0.1, -0.05) is 0 Å². The first-order valence-corrected chi connectivity index (χ1v) is 8.21. The van der Waals surface area contributed by atoms with Crippen LogP contribution in [0.5, 0.6) is 5.75 Å². The molecule has 1 aromatic carbocycles. The van der Waals surface area contributed by atoms with Crippen LogP contribution in [0.1, 0.15) is 33.1 Å². The third-order valence-electron chi connectivity index (χ3n) is 4.15. The van der Waals surface area contributed by atoms with Crippen molar-refractivity contribution < 1.29 is 24.2 Å². The van der Waals surface area contributed by atoms with Crippen molar-refractivity contribution in [1.82, 2.24) is 0 Å². The zero-order valence-electron chi connectivity index (χ0n) is 14.2. The molecule has 132 valence electrons. The van der Waals surface area contributed by atoms with Crippen LogP contribution in [0.2, 0.25) is 0 Å². The predicted octanol–water partition coefficient (Wildman–Crippen LogP) is 2.93. The Labute approximate surface area is 142 Å². The summed E-state index contributed by atoms with van der Waals surface area (Å²) in [5.74, 6) is -0.0329. The molecule has 1 aliphatic rings. The minimum atomic E-state index is -1.09. The summed E-state index contributed by atoms with van der Waals surface area (Å²) in [6.45, 7) is 5.32. The molecule has 24 heavy (non-hydrogen) atoms. The number of carbonyl (C=O) groups excluding carboxylic acids is 1. The Morgan fingerprint density at radius 1 is 1.25 bits per heavy atom. The molecule has 2 N–H and O–H groups in total. The van der Waals surface area contributed by atoms with Crippen LogP contribution in [0, 0.1) is 11.3 Å². The molecule has 1 aromatic rings. The first-order valence-electron chi connectivity index (χ1n) is 8.21. The fourth-order valence-electron chi connectivity index (χ4n) is 2.44. The summed E-state index contributed by atoms with van der Waals surface area (Å²) in [6, 6.07) is 7.12. The number of ether oxygens (including phenoxy) is 2. The summed E-state index contributed by atoms with van der Waals surface area (Å²) in [7, 11) is 0. The normalized spacial score (nSPS) is 15.8. The second-order valence-electron chi connectivity index (χ2n) is 6.81. The maximum Gasteiger partial charge on any atom is 0.309 e. The van der Waals surface area contributed by atoms with Gasteiger partial charge in [0.1, 0.15) is 5.75 Å². The van der Waals surface area contributed by atoms with Crippen molar-refractivity contribution >= 4 is 17.6 Å². The highest BCUT2D eigenvalue weighted by atomic mass is 16.5. The second-order valence-corrected chi connectivity index (χ2v) is 6.81. The van der Waals surface area contributed by atoms with Crippen molar-refractivity contribution in [1.29, 1.82) is 0 Å². The maximum atomic E-state index is 11.9. The molecule has 0 unspecified atom stereocenters. The van der Waals surface area contributed by atoms with E-state index in [4.69, 9.17) is 14.6 Å². The molecule has 0 aromatic heterocycles. The molecule has 6 heteroatoms. The van der Waals surface area contributed by atoms with E-state index in [0.29, 0.717) is 18.2 Å². The van der Waals surface area contributed by atoms with Crippen molar-refractivity contribution in [3.8, 4) is 5.75 Å². The number of rotatable bonds is 7. The summed E-state index contributed by atoms with van der Waals surface area (Å²) in [6.07, 6.45) is 1.96. The van der Waals surface area contributed by atoms with Gasteiger partial charge in [0.05, 0.1) is 12.0 Å². The number of hydrogen-bond acceptors (Lipinski definition) is 4. The minimum absolute atomic E-state index is 0.0790. The average Bonchev–Trinajstić information content (AvgIpc) is 2.54. The monoisotopic (exact) mass is 335 g/mol. The van der Waals surface area contributed by atoms with E-state index < -0.39 is 11.4 Å². The van der Waals surface area contributed by atoms with E-state index in [1.54, 1.807) is 24.3 Å². The SMILES string of the molecule is CC(C)(CC(=O)Nc1ccc(OCC2CCOCC2)cc1)C(=O)O. The van der Waals surface area contributed by atoms with Crippen molar-refractivity contribution in [3.63, 3.8) is 0 Å². The molecule has 2 rings (SSSR count). The van der Waals surface area contributed by atoms with Gasteiger partial charge in [-0.15, -0.1) is 0 Å². The number of carboxylic acids is 1. The third-order valence-corrected chi connectivity index (χ3v) is 4.15. The van der Waals surface area contributed by atoms with E-state index in [-0.39, 0.29) is 12.3 Å². The van der Waals surface area contributed by atoms with Crippen molar-refractivity contribution in [2.45, 2.75) is 33.1 Å². The van der Waals surface area contributed by atoms with Gasteiger partial charge >= 0.3 is 5.97 Å². The lowest BCUT2D eigenvalue weighted by molar-refractivity contribution is -0.148. The van der Waals surface area contributed by atoms with Crippen molar-refractivity contribution in [3.05, 3.63) is 24.3 Å². The summed E-state index contributed by atoms with van der Waals surface area (Å²) in [4.78, 5) is 23.0. The van der Waals surface area contributed by atoms with Crippen LogP contribution in [0.4, 0.5) is 5.69 Å². The molecule has 1 saturated heterocycles. The smallest absolute Gasteiger partial charge is 0.309 e. The van der Waals surface area contributed by atoms with Gasteiger partial charge in [0, 0.05) is 25.3 Å². The van der Waals surface area contributed by atoms with E-state index in [2.05, 4.69) is 5.32 Å².